The lowest BCUT2D eigenvalue weighted by molar-refractivity contribution is -0.116. The smallest absolute Gasteiger partial charge is 0.226 e. The zero-order valence-corrected chi connectivity index (χ0v) is 16.3. The Hall–Kier alpha value is -2.87. The molecular weight excluding hydrogens is 432 g/mol. The number of ketones is 1. The number of aryl methyl sites for hydroxylation is 1. The number of benzene rings is 2. The Labute approximate surface area is 167 Å². The van der Waals surface area contributed by atoms with Crippen molar-refractivity contribution in [3.05, 3.63) is 75.4 Å². The Bertz CT molecular complexity index is 1110. The molecule has 0 saturated carbocycles. The third-order valence-corrected chi connectivity index (χ3v) is 5.21. The van der Waals surface area contributed by atoms with Crippen LogP contribution in [0.1, 0.15) is 34.0 Å². The number of carbonyl (C=O) groups is 2. The number of Topliss-reactive ketones (excluding diaryl/α,β-unsaturated/α-hetero) is 1. The summed E-state index contributed by atoms with van der Waals surface area (Å²) in [7, 11) is 0. The lowest BCUT2D eigenvalue weighted by Crippen LogP contribution is -2.28. The molecule has 3 aromatic rings. The molecule has 0 spiro atoms. The molecule has 1 aromatic heterocycles. The largest absolute Gasteiger partial charge is 0.310 e. The molecule has 4 rings (SSSR count). The van der Waals surface area contributed by atoms with E-state index in [4.69, 9.17) is 0 Å². The number of halogens is 3. The highest BCUT2D eigenvalue weighted by Gasteiger charge is 2.36. The molecule has 1 atom stereocenters. The first-order valence-electron chi connectivity index (χ1n) is 8.49. The Morgan fingerprint density at radius 1 is 1.21 bits per heavy atom. The van der Waals surface area contributed by atoms with Crippen LogP contribution in [0.2, 0.25) is 0 Å². The molecule has 5 nitrogen and oxygen atoms in total. The summed E-state index contributed by atoms with van der Waals surface area (Å²) in [6, 6.07) is 9.95. The number of nitrogens with zero attached hydrogens (tertiary/aromatic N) is 2. The van der Waals surface area contributed by atoms with Gasteiger partial charge in [-0.3, -0.25) is 9.59 Å². The van der Waals surface area contributed by atoms with E-state index in [-0.39, 0.29) is 29.6 Å². The third kappa shape index (κ3) is 3.13. The van der Waals surface area contributed by atoms with Crippen molar-refractivity contribution < 1.29 is 18.4 Å². The molecule has 1 aliphatic rings. The molecule has 0 bridgehead atoms. The maximum Gasteiger partial charge on any atom is 0.226 e. The van der Waals surface area contributed by atoms with E-state index in [1.165, 1.54) is 10.7 Å². The Morgan fingerprint density at radius 3 is 2.61 bits per heavy atom. The quantitative estimate of drug-likeness (QED) is 0.602. The number of aromatic nitrogens is 2. The van der Waals surface area contributed by atoms with E-state index in [0.717, 1.165) is 16.6 Å². The van der Waals surface area contributed by atoms with Gasteiger partial charge in [-0.15, -0.1) is 0 Å². The van der Waals surface area contributed by atoms with Crippen LogP contribution in [0.15, 0.2) is 46.9 Å². The first-order chi connectivity index (χ1) is 13.3. The van der Waals surface area contributed by atoms with E-state index in [0.29, 0.717) is 16.8 Å². The molecule has 0 unspecified atom stereocenters. The molecule has 142 valence electrons. The molecule has 0 fully saturated rings. The second-order valence-corrected chi connectivity index (χ2v) is 7.45. The highest BCUT2D eigenvalue weighted by atomic mass is 79.9. The van der Waals surface area contributed by atoms with Gasteiger partial charge in [0.05, 0.1) is 11.6 Å². The van der Waals surface area contributed by atoms with Crippen LogP contribution in [0, 0.1) is 18.6 Å². The fourth-order valence-corrected chi connectivity index (χ4v) is 3.68. The standard InChI is InChI=1S/C20H14BrF2N3O2/c1-10-18-14(19(28)11-2-4-12(21)5-3-11)9-17(27)24-20(18)26(25-10)16-7-6-13(22)8-15(16)23/h2-8,14H,9H2,1H3,(H,24,27)/t14-/m0/s1. The van der Waals surface area contributed by atoms with Gasteiger partial charge in [0.2, 0.25) is 5.91 Å². The molecule has 0 saturated heterocycles. The summed E-state index contributed by atoms with van der Waals surface area (Å²) < 4.78 is 29.6. The minimum atomic E-state index is -0.819. The predicted molar refractivity (Wildman–Crippen MR) is 103 cm³/mol. The maximum atomic E-state index is 14.3. The number of carbonyl (C=O) groups excluding carboxylic acids is 2. The van der Waals surface area contributed by atoms with Crippen molar-refractivity contribution in [3.63, 3.8) is 0 Å². The normalized spacial score (nSPS) is 15.9. The van der Waals surface area contributed by atoms with Gasteiger partial charge in [-0.2, -0.15) is 5.10 Å². The maximum absolute atomic E-state index is 14.3. The van der Waals surface area contributed by atoms with Crippen LogP contribution >= 0.6 is 15.9 Å². The molecule has 2 heterocycles. The first kappa shape index (κ1) is 18.5. The van der Waals surface area contributed by atoms with Crippen LogP contribution in [0.4, 0.5) is 14.6 Å². The van der Waals surface area contributed by atoms with Crippen LogP contribution < -0.4 is 5.32 Å². The van der Waals surface area contributed by atoms with Gasteiger partial charge in [0.1, 0.15) is 17.3 Å². The van der Waals surface area contributed by atoms with Gasteiger partial charge in [0.25, 0.3) is 0 Å². The van der Waals surface area contributed by atoms with Gasteiger partial charge in [-0.25, -0.2) is 13.5 Å². The summed E-state index contributed by atoms with van der Waals surface area (Å²) in [6.45, 7) is 1.69. The van der Waals surface area contributed by atoms with Gasteiger partial charge >= 0.3 is 0 Å². The summed E-state index contributed by atoms with van der Waals surface area (Å²) in [6.07, 6.45) is -0.0274. The van der Waals surface area contributed by atoms with Gasteiger partial charge in [0, 0.05) is 28.1 Å². The minimum absolute atomic E-state index is 0.0113. The van der Waals surface area contributed by atoms with Crippen molar-refractivity contribution >= 4 is 33.4 Å². The van der Waals surface area contributed by atoms with Crippen LogP contribution in [-0.4, -0.2) is 21.5 Å². The third-order valence-electron chi connectivity index (χ3n) is 4.69. The Morgan fingerprint density at radius 2 is 1.93 bits per heavy atom. The highest BCUT2D eigenvalue weighted by Crippen LogP contribution is 2.38. The zero-order chi connectivity index (χ0) is 20.0. The lowest BCUT2D eigenvalue weighted by Gasteiger charge is -2.23. The van der Waals surface area contributed by atoms with E-state index in [9.17, 15) is 18.4 Å². The fraction of sp³-hybridized carbons (Fsp3) is 0.150. The van der Waals surface area contributed by atoms with Crippen LogP contribution in [0.25, 0.3) is 5.69 Å². The molecule has 1 N–H and O–H groups in total. The van der Waals surface area contributed by atoms with Gasteiger partial charge in [0.15, 0.2) is 11.6 Å². The van der Waals surface area contributed by atoms with Crippen molar-refractivity contribution in [2.45, 2.75) is 19.3 Å². The second-order valence-electron chi connectivity index (χ2n) is 6.53. The molecule has 28 heavy (non-hydrogen) atoms. The monoisotopic (exact) mass is 445 g/mol. The van der Waals surface area contributed by atoms with Crippen molar-refractivity contribution in [1.82, 2.24) is 9.78 Å². The summed E-state index contributed by atoms with van der Waals surface area (Å²) in [5, 5.41) is 6.98. The van der Waals surface area contributed by atoms with Crippen LogP contribution in [-0.2, 0) is 4.79 Å². The van der Waals surface area contributed by atoms with E-state index in [1.807, 2.05) is 0 Å². The van der Waals surface area contributed by atoms with Crippen LogP contribution in [0.5, 0.6) is 0 Å². The minimum Gasteiger partial charge on any atom is -0.310 e. The molecule has 0 radical (unpaired) electrons. The second kappa shape index (κ2) is 6.94. The van der Waals surface area contributed by atoms with E-state index < -0.39 is 17.6 Å². The van der Waals surface area contributed by atoms with Gasteiger partial charge in [-0.05, 0) is 31.2 Å². The SMILES string of the molecule is Cc1nn(-c2ccc(F)cc2F)c2c1[C@@H](C(=O)c1ccc(Br)cc1)CC(=O)N2. The molecule has 1 aliphatic heterocycles. The van der Waals surface area contributed by atoms with E-state index in [2.05, 4.69) is 26.3 Å². The lowest BCUT2D eigenvalue weighted by atomic mass is 9.85. The molecule has 2 aromatic carbocycles. The van der Waals surface area contributed by atoms with E-state index >= 15 is 0 Å². The van der Waals surface area contributed by atoms with Crippen molar-refractivity contribution in [1.29, 1.82) is 0 Å². The summed E-state index contributed by atoms with van der Waals surface area (Å²) in [4.78, 5) is 25.4. The molecule has 8 heteroatoms. The number of fused-ring (bicyclic) bond motifs is 1. The number of hydrogen-bond acceptors (Lipinski definition) is 3. The average Bonchev–Trinajstić information content (AvgIpc) is 2.97. The Balaban J connectivity index is 1.83. The van der Waals surface area contributed by atoms with Crippen molar-refractivity contribution in [2.24, 2.45) is 0 Å². The fourth-order valence-electron chi connectivity index (χ4n) is 3.41. The number of nitrogens with one attached hydrogen (secondary N) is 1. The van der Waals surface area contributed by atoms with Gasteiger partial charge < -0.3 is 5.32 Å². The number of anilines is 1. The molecular formula is C20H14BrF2N3O2. The summed E-state index contributed by atoms with van der Waals surface area (Å²) in [5.41, 5.74) is 1.49. The average molecular weight is 446 g/mol. The summed E-state index contributed by atoms with van der Waals surface area (Å²) in [5.74, 6) is -2.62. The van der Waals surface area contributed by atoms with Crippen molar-refractivity contribution in [2.75, 3.05) is 5.32 Å². The van der Waals surface area contributed by atoms with E-state index in [1.54, 1.807) is 31.2 Å². The zero-order valence-electron chi connectivity index (χ0n) is 14.7. The first-order valence-corrected chi connectivity index (χ1v) is 9.29. The number of amides is 1. The molecule has 0 aliphatic carbocycles. The van der Waals surface area contributed by atoms with Gasteiger partial charge in [-0.1, -0.05) is 28.1 Å². The summed E-state index contributed by atoms with van der Waals surface area (Å²) >= 11 is 3.33. The highest BCUT2D eigenvalue weighted by molar-refractivity contribution is 9.10. The molecule has 1 amide bonds. The number of rotatable bonds is 3. The number of hydrogen-bond donors (Lipinski definition) is 1. The van der Waals surface area contributed by atoms with Crippen LogP contribution in [0.3, 0.4) is 0 Å². The topological polar surface area (TPSA) is 64.0 Å². The van der Waals surface area contributed by atoms with Crippen molar-refractivity contribution in [3.8, 4) is 5.69 Å². The Kier molecular flexibility index (Phi) is 4.58. The predicted octanol–water partition coefficient (Wildman–Crippen LogP) is 4.53.